The van der Waals surface area contributed by atoms with Crippen LogP contribution < -0.4 is 0 Å². The summed E-state index contributed by atoms with van der Waals surface area (Å²) in [4.78, 5) is 49.3. The number of hydrogen-bond donors (Lipinski definition) is 1. The number of carbonyl (C=O) groups is 4. The van der Waals surface area contributed by atoms with Crippen molar-refractivity contribution >= 4 is 23.7 Å². The quantitative estimate of drug-likeness (QED) is 0.777. The summed E-state index contributed by atoms with van der Waals surface area (Å²) < 4.78 is 0. The smallest absolute Gasteiger partial charge is 0.323 e. The number of fused-ring (bicyclic) bond motifs is 1. The van der Waals surface area contributed by atoms with Crippen molar-refractivity contribution in [2.75, 3.05) is 19.6 Å². The minimum absolute atomic E-state index is 0.258. The first-order chi connectivity index (χ1) is 10.5. The Balaban J connectivity index is 2.14. The second kappa shape index (κ2) is 6.38. The lowest BCUT2D eigenvalue weighted by Crippen LogP contribution is -2.44. The SMILES string of the molecule is CCCN(CC(=O)O)C(=O)CN1C(=O)c2ccccc2C1=O. The molecule has 1 heterocycles. The Morgan fingerprint density at radius 1 is 1.14 bits per heavy atom. The highest BCUT2D eigenvalue weighted by molar-refractivity contribution is 6.22. The first-order valence-corrected chi connectivity index (χ1v) is 6.90. The van der Waals surface area contributed by atoms with Gasteiger partial charge in [-0.2, -0.15) is 0 Å². The first kappa shape index (κ1) is 15.7. The number of amides is 3. The molecule has 116 valence electrons. The molecule has 0 radical (unpaired) electrons. The number of carbonyl (C=O) groups excluding carboxylic acids is 3. The van der Waals surface area contributed by atoms with Crippen LogP contribution in [0.4, 0.5) is 0 Å². The number of carboxylic acid groups (broad SMARTS) is 1. The highest BCUT2D eigenvalue weighted by Gasteiger charge is 2.37. The number of nitrogens with zero attached hydrogens (tertiary/aromatic N) is 2. The standard InChI is InChI=1S/C15H16N2O5/c1-2-7-16(9-13(19)20)12(18)8-17-14(21)10-5-3-4-6-11(10)15(17)22/h3-6H,2,7-9H2,1H3,(H,19,20). The molecule has 0 aromatic heterocycles. The summed E-state index contributed by atoms with van der Waals surface area (Å²) in [5.74, 6) is -2.75. The lowest BCUT2D eigenvalue weighted by molar-refractivity contribution is -0.144. The molecule has 0 aliphatic carbocycles. The molecule has 0 spiro atoms. The van der Waals surface area contributed by atoms with Crippen LogP contribution in [0.2, 0.25) is 0 Å². The van der Waals surface area contributed by atoms with Crippen molar-refractivity contribution in [3.8, 4) is 0 Å². The maximum atomic E-state index is 12.2. The molecule has 2 rings (SSSR count). The number of carboxylic acids is 1. The van der Waals surface area contributed by atoms with Crippen molar-refractivity contribution < 1.29 is 24.3 Å². The Kier molecular flexibility index (Phi) is 4.55. The summed E-state index contributed by atoms with van der Waals surface area (Å²) in [6.45, 7) is 1.17. The van der Waals surface area contributed by atoms with Gasteiger partial charge in [0.05, 0.1) is 11.1 Å². The summed E-state index contributed by atoms with van der Waals surface area (Å²) in [5.41, 5.74) is 0.529. The van der Waals surface area contributed by atoms with Crippen molar-refractivity contribution in [1.82, 2.24) is 9.80 Å². The van der Waals surface area contributed by atoms with Gasteiger partial charge in [-0.3, -0.25) is 24.1 Å². The van der Waals surface area contributed by atoms with Gasteiger partial charge in [-0.25, -0.2) is 0 Å². The van der Waals surface area contributed by atoms with Crippen molar-refractivity contribution in [2.45, 2.75) is 13.3 Å². The average molecular weight is 304 g/mol. The topological polar surface area (TPSA) is 95.0 Å². The Morgan fingerprint density at radius 3 is 2.14 bits per heavy atom. The van der Waals surface area contributed by atoms with Crippen LogP contribution in [0, 0.1) is 0 Å². The Labute approximate surface area is 127 Å². The monoisotopic (exact) mass is 304 g/mol. The van der Waals surface area contributed by atoms with Crippen molar-refractivity contribution in [1.29, 1.82) is 0 Å². The fourth-order valence-electron chi connectivity index (χ4n) is 2.34. The largest absolute Gasteiger partial charge is 0.480 e. The van der Waals surface area contributed by atoms with Gasteiger partial charge in [0, 0.05) is 6.54 Å². The van der Waals surface area contributed by atoms with E-state index in [2.05, 4.69) is 0 Å². The molecule has 22 heavy (non-hydrogen) atoms. The van der Waals surface area contributed by atoms with E-state index in [4.69, 9.17) is 5.11 Å². The van der Waals surface area contributed by atoms with Crippen LogP contribution in [0.25, 0.3) is 0 Å². The zero-order chi connectivity index (χ0) is 16.3. The van der Waals surface area contributed by atoms with Crippen molar-refractivity contribution in [3.63, 3.8) is 0 Å². The Hall–Kier alpha value is -2.70. The van der Waals surface area contributed by atoms with Crippen LogP contribution in [0.15, 0.2) is 24.3 Å². The molecule has 0 fully saturated rings. The molecule has 7 nitrogen and oxygen atoms in total. The van der Waals surface area contributed by atoms with Gasteiger partial charge in [0.15, 0.2) is 0 Å². The molecule has 0 bridgehead atoms. The van der Waals surface area contributed by atoms with E-state index in [-0.39, 0.29) is 17.7 Å². The minimum Gasteiger partial charge on any atom is -0.480 e. The maximum Gasteiger partial charge on any atom is 0.323 e. The molecular weight excluding hydrogens is 288 g/mol. The molecule has 1 aliphatic heterocycles. The summed E-state index contributed by atoms with van der Waals surface area (Å²) in [7, 11) is 0. The highest BCUT2D eigenvalue weighted by Crippen LogP contribution is 2.22. The summed E-state index contributed by atoms with van der Waals surface area (Å²) in [6.07, 6.45) is 0.584. The van der Waals surface area contributed by atoms with Crippen LogP contribution in [0.3, 0.4) is 0 Å². The van der Waals surface area contributed by atoms with Crippen LogP contribution in [0.5, 0.6) is 0 Å². The molecule has 3 amide bonds. The minimum atomic E-state index is -1.14. The molecule has 0 saturated heterocycles. The van der Waals surface area contributed by atoms with Crippen LogP contribution in [0.1, 0.15) is 34.1 Å². The number of benzene rings is 1. The predicted molar refractivity (Wildman–Crippen MR) is 76.3 cm³/mol. The lowest BCUT2D eigenvalue weighted by Gasteiger charge is -2.22. The molecule has 0 unspecified atom stereocenters. The van der Waals surface area contributed by atoms with E-state index < -0.39 is 36.8 Å². The summed E-state index contributed by atoms with van der Waals surface area (Å²) >= 11 is 0. The first-order valence-electron chi connectivity index (χ1n) is 6.90. The molecule has 0 atom stereocenters. The zero-order valence-electron chi connectivity index (χ0n) is 12.1. The van der Waals surface area contributed by atoms with Crippen LogP contribution in [-0.2, 0) is 9.59 Å². The third kappa shape index (κ3) is 2.98. The van der Waals surface area contributed by atoms with Crippen LogP contribution in [-0.4, -0.2) is 58.2 Å². The predicted octanol–water partition coefficient (Wildman–Crippen LogP) is 0.606. The van der Waals surface area contributed by atoms with Crippen LogP contribution >= 0.6 is 0 Å². The molecule has 1 aliphatic rings. The molecule has 7 heteroatoms. The molecule has 0 saturated carbocycles. The van der Waals surface area contributed by atoms with E-state index in [0.29, 0.717) is 6.42 Å². The van der Waals surface area contributed by atoms with E-state index in [1.807, 2.05) is 6.92 Å². The fourth-order valence-corrected chi connectivity index (χ4v) is 2.34. The van der Waals surface area contributed by atoms with E-state index in [0.717, 1.165) is 9.80 Å². The number of rotatable bonds is 6. The van der Waals surface area contributed by atoms with E-state index >= 15 is 0 Å². The molecule has 1 aromatic rings. The van der Waals surface area contributed by atoms with Gasteiger partial charge in [-0.1, -0.05) is 19.1 Å². The van der Waals surface area contributed by atoms with Gasteiger partial charge in [0.2, 0.25) is 5.91 Å². The molecule has 1 N–H and O–H groups in total. The molecule has 1 aromatic carbocycles. The maximum absolute atomic E-state index is 12.2. The fraction of sp³-hybridized carbons (Fsp3) is 0.333. The third-order valence-corrected chi connectivity index (χ3v) is 3.34. The average Bonchev–Trinajstić information content (AvgIpc) is 2.72. The third-order valence-electron chi connectivity index (χ3n) is 3.34. The second-order valence-electron chi connectivity index (χ2n) is 4.95. The summed E-state index contributed by atoms with van der Waals surface area (Å²) in [6, 6.07) is 6.34. The van der Waals surface area contributed by atoms with E-state index in [1.54, 1.807) is 12.1 Å². The van der Waals surface area contributed by atoms with Crippen molar-refractivity contribution in [2.24, 2.45) is 0 Å². The van der Waals surface area contributed by atoms with E-state index in [1.165, 1.54) is 12.1 Å². The summed E-state index contributed by atoms with van der Waals surface area (Å²) in [5, 5.41) is 8.82. The van der Waals surface area contributed by atoms with Gasteiger partial charge >= 0.3 is 5.97 Å². The highest BCUT2D eigenvalue weighted by atomic mass is 16.4. The lowest BCUT2D eigenvalue weighted by atomic mass is 10.1. The second-order valence-corrected chi connectivity index (χ2v) is 4.95. The zero-order valence-corrected chi connectivity index (χ0v) is 12.1. The number of hydrogen-bond acceptors (Lipinski definition) is 4. The van der Waals surface area contributed by atoms with Gasteiger partial charge in [0.25, 0.3) is 11.8 Å². The Morgan fingerprint density at radius 2 is 1.68 bits per heavy atom. The van der Waals surface area contributed by atoms with Gasteiger partial charge in [-0.15, -0.1) is 0 Å². The molecular formula is C15H16N2O5. The van der Waals surface area contributed by atoms with E-state index in [9.17, 15) is 19.2 Å². The number of aliphatic carboxylic acids is 1. The Bertz CT molecular complexity index is 606. The van der Waals surface area contributed by atoms with Gasteiger partial charge < -0.3 is 10.0 Å². The number of imide groups is 1. The normalized spacial score (nSPS) is 13.2. The van der Waals surface area contributed by atoms with Gasteiger partial charge in [0.1, 0.15) is 13.1 Å². The van der Waals surface area contributed by atoms with Crippen molar-refractivity contribution in [3.05, 3.63) is 35.4 Å². The van der Waals surface area contributed by atoms with Gasteiger partial charge in [-0.05, 0) is 18.6 Å².